The summed E-state index contributed by atoms with van der Waals surface area (Å²) < 4.78 is 6.68. The Balaban J connectivity index is 1.26. The highest BCUT2D eigenvalue weighted by molar-refractivity contribution is 9.10. The number of fused-ring (bicyclic) bond motifs is 1. The Morgan fingerprint density at radius 1 is 0.947 bits per heavy atom. The van der Waals surface area contributed by atoms with Gasteiger partial charge in [0, 0.05) is 31.9 Å². The smallest absolute Gasteiger partial charge is 0.264 e. The lowest BCUT2D eigenvalue weighted by atomic mass is 10.1. The van der Waals surface area contributed by atoms with Crippen LogP contribution >= 0.6 is 27.5 Å². The van der Waals surface area contributed by atoms with Crippen LogP contribution in [0.2, 0.25) is 5.02 Å². The number of nitriles is 1. The second kappa shape index (κ2) is 11.7. The molecule has 0 atom stereocenters. The van der Waals surface area contributed by atoms with E-state index in [0.29, 0.717) is 40.5 Å². The molecule has 1 heterocycles. The van der Waals surface area contributed by atoms with Gasteiger partial charge < -0.3 is 14.5 Å². The van der Waals surface area contributed by atoms with Gasteiger partial charge in [-0.2, -0.15) is 5.26 Å². The first-order valence-electron chi connectivity index (χ1n) is 12.3. The largest absolute Gasteiger partial charge is 0.486 e. The first kappa shape index (κ1) is 25.8. The molecule has 0 radical (unpaired) electrons. The summed E-state index contributed by atoms with van der Waals surface area (Å²) in [7, 11) is 0. The predicted molar refractivity (Wildman–Crippen MR) is 156 cm³/mol. The zero-order chi connectivity index (χ0) is 26.5. The number of para-hydroxylation sites is 1. The lowest BCUT2D eigenvalue weighted by Gasteiger charge is -2.36. The van der Waals surface area contributed by atoms with Crippen molar-refractivity contribution < 1.29 is 9.53 Å². The molecule has 0 unspecified atom stereocenters. The standard InChI is InChI=1S/C31H25BrClN3O2/c32-28-18-23(19-29(33)30(28)38-21-22-10-11-24-6-4-5-7-25(24)16-22)17-26(20-34)31(37)36-14-12-35(13-15-36)27-8-2-1-3-9-27/h1-11,16-19H,12-15,21H2/b26-17-. The van der Waals surface area contributed by atoms with Crippen molar-refractivity contribution >= 4 is 56.0 Å². The number of rotatable bonds is 6. The first-order chi connectivity index (χ1) is 18.5. The summed E-state index contributed by atoms with van der Waals surface area (Å²) in [6.45, 7) is 2.90. The fourth-order valence-corrected chi connectivity index (χ4v) is 5.56. The number of ether oxygens (including phenoxy) is 1. The quantitative estimate of drug-likeness (QED) is 0.179. The Morgan fingerprint density at radius 2 is 1.66 bits per heavy atom. The monoisotopic (exact) mass is 585 g/mol. The van der Waals surface area contributed by atoms with Crippen LogP contribution < -0.4 is 9.64 Å². The highest BCUT2D eigenvalue weighted by Crippen LogP contribution is 2.36. The molecule has 4 aromatic rings. The lowest BCUT2D eigenvalue weighted by molar-refractivity contribution is -0.126. The van der Waals surface area contributed by atoms with Crippen LogP contribution in [0.3, 0.4) is 0 Å². The van der Waals surface area contributed by atoms with Gasteiger partial charge in [0.05, 0.1) is 9.50 Å². The van der Waals surface area contributed by atoms with E-state index in [2.05, 4.69) is 63.3 Å². The molecule has 0 N–H and O–H groups in total. The molecule has 0 bridgehead atoms. The third kappa shape index (κ3) is 5.85. The Hall–Kier alpha value is -3.79. The molecule has 1 aliphatic rings. The fraction of sp³-hybridized carbons (Fsp3) is 0.161. The molecule has 0 aliphatic carbocycles. The van der Waals surface area contributed by atoms with Crippen molar-refractivity contribution in [2.24, 2.45) is 0 Å². The number of nitrogens with zero attached hydrogens (tertiary/aromatic N) is 3. The minimum Gasteiger partial charge on any atom is -0.486 e. The van der Waals surface area contributed by atoms with Crippen LogP contribution in [0, 0.1) is 11.3 Å². The maximum absolute atomic E-state index is 13.1. The molecule has 0 saturated carbocycles. The van der Waals surface area contributed by atoms with E-state index in [1.807, 2.05) is 36.4 Å². The number of hydrogen-bond donors (Lipinski definition) is 0. The normalized spacial score (nSPS) is 13.9. The van der Waals surface area contributed by atoms with Crippen molar-refractivity contribution in [1.29, 1.82) is 5.26 Å². The van der Waals surface area contributed by atoms with E-state index in [9.17, 15) is 10.1 Å². The topological polar surface area (TPSA) is 56.6 Å². The van der Waals surface area contributed by atoms with E-state index >= 15 is 0 Å². The van der Waals surface area contributed by atoms with E-state index in [4.69, 9.17) is 16.3 Å². The molecule has 190 valence electrons. The van der Waals surface area contributed by atoms with Crippen LogP contribution in [0.5, 0.6) is 5.75 Å². The number of anilines is 1. The number of benzene rings is 4. The van der Waals surface area contributed by atoms with Crippen molar-refractivity contribution in [2.75, 3.05) is 31.1 Å². The van der Waals surface area contributed by atoms with Crippen molar-refractivity contribution in [3.63, 3.8) is 0 Å². The average molecular weight is 587 g/mol. The number of carbonyl (C=O) groups is 1. The van der Waals surface area contributed by atoms with Crippen LogP contribution in [0.4, 0.5) is 5.69 Å². The van der Waals surface area contributed by atoms with E-state index in [0.717, 1.165) is 29.7 Å². The fourth-order valence-electron chi connectivity index (χ4n) is 4.57. The average Bonchev–Trinajstić information content (AvgIpc) is 2.95. The highest BCUT2D eigenvalue weighted by Gasteiger charge is 2.24. The minimum absolute atomic E-state index is 0.0750. The Labute approximate surface area is 235 Å². The van der Waals surface area contributed by atoms with Gasteiger partial charge in [-0.25, -0.2) is 0 Å². The maximum atomic E-state index is 13.1. The van der Waals surface area contributed by atoms with Crippen molar-refractivity contribution in [3.05, 3.63) is 111 Å². The summed E-state index contributed by atoms with van der Waals surface area (Å²) in [5, 5.41) is 12.5. The lowest BCUT2D eigenvalue weighted by Crippen LogP contribution is -2.49. The summed E-state index contributed by atoms with van der Waals surface area (Å²) >= 11 is 10.1. The Kier molecular flexibility index (Phi) is 7.97. The predicted octanol–water partition coefficient (Wildman–Crippen LogP) is 7.09. The van der Waals surface area contributed by atoms with E-state index < -0.39 is 0 Å². The second-order valence-corrected chi connectivity index (χ2v) is 10.3. The molecule has 5 nitrogen and oxygen atoms in total. The molecule has 38 heavy (non-hydrogen) atoms. The van der Waals surface area contributed by atoms with Gasteiger partial charge >= 0.3 is 0 Å². The second-order valence-electron chi connectivity index (χ2n) is 9.07. The molecular weight excluding hydrogens is 562 g/mol. The SMILES string of the molecule is N#C/C(=C/c1cc(Cl)c(OCc2ccc3ccccc3c2)c(Br)c1)C(=O)N1CCN(c2ccccc2)CC1. The number of piperazine rings is 1. The third-order valence-electron chi connectivity index (χ3n) is 6.57. The van der Waals surface area contributed by atoms with Crippen LogP contribution in [0.15, 0.2) is 95.0 Å². The van der Waals surface area contributed by atoms with Gasteiger partial charge in [0.25, 0.3) is 5.91 Å². The summed E-state index contributed by atoms with van der Waals surface area (Å²) in [5.74, 6) is 0.239. The number of amides is 1. The number of carbonyl (C=O) groups excluding carboxylic acids is 1. The summed E-state index contributed by atoms with van der Waals surface area (Å²) in [4.78, 5) is 17.1. The molecule has 4 aromatic carbocycles. The summed E-state index contributed by atoms with van der Waals surface area (Å²) in [5.41, 5.74) is 2.89. The molecule has 0 spiro atoms. The zero-order valence-electron chi connectivity index (χ0n) is 20.6. The van der Waals surface area contributed by atoms with Crippen LogP contribution in [0.1, 0.15) is 11.1 Å². The highest BCUT2D eigenvalue weighted by atomic mass is 79.9. The van der Waals surface area contributed by atoms with Crippen molar-refractivity contribution in [3.8, 4) is 11.8 Å². The van der Waals surface area contributed by atoms with Gasteiger partial charge in [0.2, 0.25) is 0 Å². The van der Waals surface area contributed by atoms with Gasteiger partial charge in [-0.1, -0.05) is 66.2 Å². The molecule has 0 aromatic heterocycles. The Morgan fingerprint density at radius 3 is 2.37 bits per heavy atom. The molecule has 1 saturated heterocycles. The van der Waals surface area contributed by atoms with Gasteiger partial charge in [0.15, 0.2) is 5.75 Å². The van der Waals surface area contributed by atoms with Crippen molar-refractivity contribution in [1.82, 2.24) is 4.90 Å². The summed E-state index contributed by atoms with van der Waals surface area (Å²) in [6.07, 6.45) is 1.58. The number of hydrogen-bond acceptors (Lipinski definition) is 4. The molecule has 1 amide bonds. The molecule has 1 aliphatic heterocycles. The van der Waals surface area contributed by atoms with Crippen molar-refractivity contribution in [2.45, 2.75) is 6.61 Å². The maximum Gasteiger partial charge on any atom is 0.264 e. The van der Waals surface area contributed by atoms with Crippen LogP contribution in [-0.2, 0) is 11.4 Å². The van der Waals surface area contributed by atoms with E-state index in [1.165, 1.54) is 5.39 Å². The van der Waals surface area contributed by atoms with E-state index in [1.54, 1.807) is 23.1 Å². The summed E-state index contributed by atoms with van der Waals surface area (Å²) in [6, 6.07) is 30.1. The molecular formula is C31H25BrClN3O2. The minimum atomic E-state index is -0.274. The van der Waals surface area contributed by atoms with Gasteiger partial charge in [0.1, 0.15) is 18.2 Å². The first-order valence-corrected chi connectivity index (χ1v) is 13.5. The number of halogens is 2. The van der Waals surface area contributed by atoms with Gasteiger partial charge in [-0.3, -0.25) is 4.79 Å². The zero-order valence-corrected chi connectivity index (χ0v) is 23.0. The van der Waals surface area contributed by atoms with Crippen LogP contribution in [-0.4, -0.2) is 37.0 Å². The third-order valence-corrected chi connectivity index (χ3v) is 7.44. The van der Waals surface area contributed by atoms with E-state index in [-0.39, 0.29) is 11.5 Å². The van der Waals surface area contributed by atoms with Crippen LogP contribution in [0.25, 0.3) is 16.8 Å². The molecule has 1 fully saturated rings. The Bertz CT molecular complexity index is 1520. The van der Waals surface area contributed by atoms with Gasteiger partial charge in [-0.15, -0.1) is 0 Å². The molecule has 7 heteroatoms. The molecule has 5 rings (SSSR count). The van der Waals surface area contributed by atoms with Gasteiger partial charge in [-0.05, 0) is 74.2 Å².